The van der Waals surface area contributed by atoms with Crippen LogP contribution in [0.25, 0.3) is 0 Å². The minimum Gasteiger partial charge on any atom is -0.504 e. The molecule has 24 heavy (non-hydrogen) atoms. The number of piperidine rings is 1. The number of amides is 1. The lowest BCUT2D eigenvalue weighted by molar-refractivity contribution is -0.259. The number of aliphatic hydroxyl groups excluding tert-OH is 1. The normalized spacial score (nSPS) is 28.5. The molecule has 3 rings (SSSR count). The van der Waals surface area contributed by atoms with Crippen molar-refractivity contribution in [2.45, 2.75) is 37.9 Å². The highest BCUT2D eigenvalue weighted by Crippen LogP contribution is 2.58. The lowest BCUT2D eigenvalue weighted by Gasteiger charge is -2.62. The van der Waals surface area contributed by atoms with Crippen LogP contribution in [0.2, 0.25) is 0 Å². The second-order valence-corrected chi connectivity index (χ2v) is 6.99. The summed E-state index contributed by atoms with van der Waals surface area (Å²) >= 11 is 0. The Bertz CT molecular complexity index is 638. The number of phenols is 1. The Morgan fingerprint density at radius 2 is 1.96 bits per heavy atom. The van der Waals surface area contributed by atoms with Crippen LogP contribution in [0.15, 0.2) is 18.2 Å². The molecule has 0 unspecified atom stereocenters. The monoisotopic (exact) mass is 335 g/mol. The number of hydrogen-bond donors (Lipinski definition) is 2. The van der Waals surface area contributed by atoms with Crippen molar-refractivity contribution >= 4 is 5.91 Å². The Balaban J connectivity index is 1.72. The molecule has 1 saturated heterocycles. The SMILES string of the molecule is COc1cc(C(=O)N2CCC3(CC2)[C@H](O)C[C@]3(C)OC)ccc1O. The molecule has 0 radical (unpaired) electrons. The van der Waals surface area contributed by atoms with E-state index >= 15 is 0 Å². The first kappa shape index (κ1) is 17.0. The standard InChI is InChI=1S/C18H25NO5/c1-17(24-3)11-15(21)18(17)6-8-19(9-7-18)16(22)12-4-5-13(20)14(10-12)23-2/h4-5,10,15,20-21H,6-9,11H2,1-3H3/t15-,17+/m1/s1. The van der Waals surface area contributed by atoms with Gasteiger partial charge < -0.3 is 24.6 Å². The molecule has 1 aliphatic carbocycles. The van der Waals surface area contributed by atoms with Crippen LogP contribution in [0, 0.1) is 5.41 Å². The van der Waals surface area contributed by atoms with Crippen molar-refractivity contribution in [3.63, 3.8) is 0 Å². The molecule has 1 spiro atoms. The molecule has 132 valence electrons. The molecular formula is C18H25NO5. The summed E-state index contributed by atoms with van der Waals surface area (Å²) in [5.41, 5.74) is -0.0849. The topological polar surface area (TPSA) is 79.2 Å². The summed E-state index contributed by atoms with van der Waals surface area (Å²) in [4.78, 5) is 14.5. The summed E-state index contributed by atoms with van der Waals surface area (Å²) in [6.45, 7) is 3.21. The molecule has 1 aromatic carbocycles. The predicted octanol–water partition coefficient (Wildman–Crippen LogP) is 1.79. The van der Waals surface area contributed by atoms with Gasteiger partial charge in [0, 0.05) is 37.6 Å². The number of ether oxygens (including phenoxy) is 2. The Morgan fingerprint density at radius 1 is 1.29 bits per heavy atom. The highest BCUT2D eigenvalue weighted by Gasteiger charge is 2.63. The van der Waals surface area contributed by atoms with Crippen LogP contribution in [0.1, 0.15) is 36.5 Å². The first-order valence-electron chi connectivity index (χ1n) is 8.26. The number of nitrogens with zero attached hydrogens (tertiary/aromatic N) is 1. The number of hydrogen-bond acceptors (Lipinski definition) is 5. The van der Waals surface area contributed by atoms with E-state index < -0.39 is 0 Å². The summed E-state index contributed by atoms with van der Waals surface area (Å²) in [5.74, 6) is 0.215. The van der Waals surface area contributed by atoms with Gasteiger partial charge >= 0.3 is 0 Å². The molecule has 2 aliphatic rings. The molecule has 1 saturated carbocycles. The molecule has 6 heteroatoms. The zero-order valence-corrected chi connectivity index (χ0v) is 14.4. The van der Waals surface area contributed by atoms with Crippen LogP contribution in [0.5, 0.6) is 11.5 Å². The first-order valence-corrected chi connectivity index (χ1v) is 8.26. The second kappa shape index (κ2) is 5.93. The number of benzene rings is 1. The van der Waals surface area contributed by atoms with Crippen LogP contribution in [-0.4, -0.2) is 60.0 Å². The lowest BCUT2D eigenvalue weighted by atomic mass is 9.51. The molecule has 0 bridgehead atoms. The molecule has 2 fully saturated rings. The van der Waals surface area contributed by atoms with Gasteiger partial charge in [-0.15, -0.1) is 0 Å². The van der Waals surface area contributed by atoms with E-state index in [0.717, 1.165) is 12.8 Å². The third kappa shape index (κ3) is 2.36. The van der Waals surface area contributed by atoms with Gasteiger partial charge in [-0.2, -0.15) is 0 Å². The highest BCUT2D eigenvalue weighted by atomic mass is 16.5. The zero-order valence-electron chi connectivity index (χ0n) is 14.4. The smallest absolute Gasteiger partial charge is 0.253 e. The molecule has 1 amide bonds. The predicted molar refractivity (Wildman–Crippen MR) is 88.3 cm³/mol. The van der Waals surface area contributed by atoms with E-state index in [2.05, 4.69) is 0 Å². The van der Waals surface area contributed by atoms with E-state index in [4.69, 9.17) is 9.47 Å². The zero-order chi connectivity index (χ0) is 17.5. The van der Waals surface area contributed by atoms with Gasteiger partial charge in [0.15, 0.2) is 11.5 Å². The fraction of sp³-hybridized carbons (Fsp3) is 0.611. The van der Waals surface area contributed by atoms with Crippen molar-refractivity contribution in [3.8, 4) is 11.5 Å². The first-order chi connectivity index (χ1) is 11.4. The minimum absolute atomic E-state index is 0.0140. The molecule has 0 aromatic heterocycles. The number of carbonyl (C=O) groups is 1. The van der Waals surface area contributed by atoms with Gasteiger partial charge in [-0.1, -0.05) is 0 Å². The molecule has 1 aromatic rings. The van der Waals surface area contributed by atoms with Gasteiger partial charge in [0.2, 0.25) is 0 Å². The van der Waals surface area contributed by atoms with Crippen molar-refractivity contribution in [1.82, 2.24) is 4.90 Å². The molecule has 1 aliphatic heterocycles. The van der Waals surface area contributed by atoms with Gasteiger partial charge in [-0.25, -0.2) is 0 Å². The Labute approximate surface area is 142 Å². The summed E-state index contributed by atoms with van der Waals surface area (Å²) in [6.07, 6.45) is 1.72. The maximum Gasteiger partial charge on any atom is 0.253 e. The Hall–Kier alpha value is -1.79. The highest BCUT2D eigenvalue weighted by molar-refractivity contribution is 5.95. The molecular weight excluding hydrogens is 310 g/mol. The van der Waals surface area contributed by atoms with Crippen LogP contribution >= 0.6 is 0 Å². The number of likely N-dealkylation sites (tertiary alicyclic amines) is 1. The Kier molecular flexibility index (Phi) is 4.21. The van der Waals surface area contributed by atoms with E-state index in [-0.39, 0.29) is 34.5 Å². The van der Waals surface area contributed by atoms with Crippen LogP contribution in [-0.2, 0) is 4.74 Å². The largest absolute Gasteiger partial charge is 0.504 e. The average molecular weight is 335 g/mol. The van der Waals surface area contributed by atoms with Crippen molar-refractivity contribution in [1.29, 1.82) is 0 Å². The number of aromatic hydroxyl groups is 1. The van der Waals surface area contributed by atoms with Crippen molar-refractivity contribution < 1.29 is 24.5 Å². The number of rotatable bonds is 3. The van der Waals surface area contributed by atoms with Gasteiger partial charge in [-0.05, 0) is 38.0 Å². The van der Waals surface area contributed by atoms with E-state index in [1.165, 1.54) is 13.2 Å². The summed E-state index contributed by atoms with van der Waals surface area (Å²) < 4.78 is 10.7. The fourth-order valence-corrected chi connectivity index (χ4v) is 4.24. The van der Waals surface area contributed by atoms with Crippen LogP contribution in [0.4, 0.5) is 0 Å². The van der Waals surface area contributed by atoms with Crippen molar-refractivity contribution in [2.75, 3.05) is 27.3 Å². The molecule has 1 heterocycles. The number of carbonyl (C=O) groups excluding carboxylic acids is 1. The molecule has 2 atom stereocenters. The lowest BCUT2D eigenvalue weighted by Crippen LogP contribution is -2.69. The minimum atomic E-state index is -0.367. The van der Waals surface area contributed by atoms with Crippen LogP contribution < -0.4 is 4.74 Å². The van der Waals surface area contributed by atoms with E-state index in [1.807, 2.05) is 6.92 Å². The van der Waals surface area contributed by atoms with Gasteiger partial charge in [0.1, 0.15) is 0 Å². The summed E-state index contributed by atoms with van der Waals surface area (Å²) in [5, 5.41) is 20.0. The quantitative estimate of drug-likeness (QED) is 0.880. The molecule has 2 N–H and O–H groups in total. The van der Waals surface area contributed by atoms with Gasteiger partial charge in [0.25, 0.3) is 5.91 Å². The van der Waals surface area contributed by atoms with Crippen LogP contribution in [0.3, 0.4) is 0 Å². The second-order valence-electron chi connectivity index (χ2n) is 6.99. The number of phenolic OH excluding ortho intramolecular Hbond substituents is 1. The van der Waals surface area contributed by atoms with Crippen molar-refractivity contribution in [3.05, 3.63) is 23.8 Å². The van der Waals surface area contributed by atoms with Crippen molar-refractivity contribution in [2.24, 2.45) is 5.41 Å². The summed E-state index contributed by atoms with van der Waals surface area (Å²) in [7, 11) is 3.14. The summed E-state index contributed by atoms with van der Waals surface area (Å²) in [6, 6.07) is 4.62. The van der Waals surface area contributed by atoms with Gasteiger partial charge in [-0.3, -0.25) is 4.79 Å². The van der Waals surface area contributed by atoms with Gasteiger partial charge in [0.05, 0.1) is 18.8 Å². The molecule has 6 nitrogen and oxygen atoms in total. The maximum atomic E-state index is 12.7. The third-order valence-corrected chi connectivity index (χ3v) is 6.09. The van der Waals surface area contributed by atoms with E-state index in [9.17, 15) is 15.0 Å². The average Bonchev–Trinajstić information content (AvgIpc) is 2.61. The number of aliphatic hydroxyl groups is 1. The van der Waals surface area contributed by atoms with E-state index in [1.54, 1.807) is 24.1 Å². The van der Waals surface area contributed by atoms with E-state index in [0.29, 0.717) is 25.1 Å². The fourth-order valence-electron chi connectivity index (χ4n) is 4.24. The Morgan fingerprint density at radius 3 is 2.50 bits per heavy atom. The third-order valence-electron chi connectivity index (χ3n) is 6.09. The maximum absolute atomic E-state index is 12.7. The number of methoxy groups -OCH3 is 2.